The first-order valence-corrected chi connectivity index (χ1v) is 11.1. The van der Waals surface area contributed by atoms with Gasteiger partial charge < -0.3 is 14.8 Å². The number of benzene rings is 2. The van der Waals surface area contributed by atoms with Crippen molar-refractivity contribution in [1.29, 1.82) is 0 Å². The number of anilines is 2. The molecule has 0 heterocycles. The largest absolute Gasteiger partial charge is 0.497 e. The van der Waals surface area contributed by atoms with Crippen molar-refractivity contribution in [3.05, 3.63) is 48.0 Å². The van der Waals surface area contributed by atoms with Gasteiger partial charge >= 0.3 is 0 Å². The summed E-state index contributed by atoms with van der Waals surface area (Å²) in [6.45, 7) is 5.59. The first-order valence-electron chi connectivity index (χ1n) is 9.21. The van der Waals surface area contributed by atoms with Crippen LogP contribution in [0, 0.1) is 0 Å². The second kappa shape index (κ2) is 9.17. The SMILES string of the molecule is COc1ccc(OC)c(N([C@H](C)C(=O)Nc2ccccc2C(C)C)S(C)(=O)=O)c1. The van der Waals surface area contributed by atoms with Gasteiger partial charge in [0.1, 0.15) is 17.5 Å². The highest BCUT2D eigenvalue weighted by Crippen LogP contribution is 2.35. The maximum absolute atomic E-state index is 13.0. The molecule has 2 aromatic carbocycles. The molecule has 0 fully saturated rings. The normalized spacial score (nSPS) is 12.4. The van der Waals surface area contributed by atoms with Crippen molar-refractivity contribution in [2.45, 2.75) is 32.7 Å². The molecule has 8 heteroatoms. The third-order valence-corrected chi connectivity index (χ3v) is 5.78. The second-order valence-corrected chi connectivity index (χ2v) is 8.86. The molecule has 1 atom stereocenters. The minimum absolute atomic E-state index is 0.200. The maximum atomic E-state index is 13.0. The van der Waals surface area contributed by atoms with Gasteiger partial charge in [0.05, 0.1) is 26.2 Å². The Labute approximate surface area is 172 Å². The lowest BCUT2D eigenvalue weighted by atomic mass is 10.0. The molecule has 158 valence electrons. The Kier molecular flexibility index (Phi) is 7.13. The van der Waals surface area contributed by atoms with Crippen LogP contribution < -0.4 is 19.1 Å². The molecular formula is C21H28N2O5S. The fourth-order valence-corrected chi connectivity index (χ4v) is 4.27. The summed E-state index contributed by atoms with van der Waals surface area (Å²) in [7, 11) is -0.880. The number of amides is 1. The van der Waals surface area contributed by atoms with Crippen LogP contribution in [0.4, 0.5) is 11.4 Å². The van der Waals surface area contributed by atoms with E-state index in [2.05, 4.69) is 5.32 Å². The van der Waals surface area contributed by atoms with Crippen molar-refractivity contribution >= 4 is 27.3 Å². The van der Waals surface area contributed by atoms with E-state index in [9.17, 15) is 13.2 Å². The molecule has 0 saturated heterocycles. The first kappa shape index (κ1) is 22.5. The van der Waals surface area contributed by atoms with E-state index < -0.39 is 22.0 Å². The van der Waals surface area contributed by atoms with Crippen LogP contribution >= 0.6 is 0 Å². The molecule has 1 N–H and O–H groups in total. The molecule has 2 aromatic rings. The Morgan fingerprint density at radius 3 is 2.24 bits per heavy atom. The fraction of sp³-hybridized carbons (Fsp3) is 0.381. The van der Waals surface area contributed by atoms with Crippen LogP contribution in [0.15, 0.2) is 42.5 Å². The minimum Gasteiger partial charge on any atom is -0.497 e. The molecule has 0 aliphatic heterocycles. The van der Waals surface area contributed by atoms with Crippen LogP contribution in [0.25, 0.3) is 0 Å². The van der Waals surface area contributed by atoms with E-state index in [0.29, 0.717) is 17.2 Å². The van der Waals surface area contributed by atoms with Crippen LogP contribution in [-0.2, 0) is 14.8 Å². The molecule has 0 bridgehead atoms. The highest BCUT2D eigenvalue weighted by Gasteiger charge is 2.32. The summed E-state index contributed by atoms with van der Waals surface area (Å²) in [5.41, 5.74) is 1.86. The molecule has 7 nitrogen and oxygen atoms in total. The number of nitrogens with one attached hydrogen (secondary N) is 1. The van der Waals surface area contributed by atoms with Crippen molar-refractivity contribution in [3.8, 4) is 11.5 Å². The number of para-hydroxylation sites is 1. The van der Waals surface area contributed by atoms with E-state index in [1.807, 2.05) is 32.0 Å². The molecule has 0 saturated carbocycles. The summed E-state index contributed by atoms with van der Waals surface area (Å²) in [6, 6.07) is 11.2. The number of nitrogens with zero attached hydrogens (tertiary/aromatic N) is 1. The van der Waals surface area contributed by atoms with E-state index in [1.54, 1.807) is 18.2 Å². The van der Waals surface area contributed by atoms with Gasteiger partial charge in [-0.25, -0.2) is 8.42 Å². The summed E-state index contributed by atoms with van der Waals surface area (Å²) < 4.78 is 36.8. The van der Waals surface area contributed by atoms with E-state index in [1.165, 1.54) is 27.2 Å². The number of carbonyl (C=O) groups is 1. The Balaban J connectivity index is 2.46. The molecule has 0 aliphatic carbocycles. The number of sulfonamides is 1. The fourth-order valence-electron chi connectivity index (χ4n) is 3.10. The minimum atomic E-state index is -3.80. The van der Waals surface area contributed by atoms with Crippen LogP contribution in [-0.4, -0.2) is 40.8 Å². The van der Waals surface area contributed by atoms with E-state index in [-0.39, 0.29) is 11.6 Å². The molecule has 0 unspecified atom stereocenters. The maximum Gasteiger partial charge on any atom is 0.248 e. The quantitative estimate of drug-likeness (QED) is 0.705. The molecule has 2 rings (SSSR count). The highest BCUT2D eigenvalue weighted by molar-refractivity contribution is 7.92. The standard InChI is InChI=1S/C21H28N2O5S/c1-14(2)17-9-7-8-10-18(17)22-21(24)15(3)23(29(6,25)26)19-13-16(27-4)11-12-20(19)28-5/h7-15H,1-6H3,(H,22,24)/t15-/m1/s1. The highest BCUT2D eigenvalue weighted by atomic mass is 32.2. The van der Waals surface area contributed by atoms with Crippen LogP contribution in [0.1, 0.15) is 32.3 Å². The van der Waals surface area contributed by atoms with Gasteiger partial charge in [0, 0.05) is 11.8 Å². The third-order valence-electron chi connectivity index (χ3n) is 4.55. The van der Waals surface area contributed by atoms with Gasteiger partial charge in [0.15, 0.2) is 0 Å². The lowest BCUT2D eigenvalue weighted by molar-refractivity contribution is -0.116. The Bertz CT molecular complexity index is 973. The van der Waals surface area contributed by atoms with Gasteiger partial charge in [0.2, 0.25) is 15.9 Å². The average Bonchev–Trinajstić information content (AvgIpc) is 2.67. The lowest BCUT2D eigenvalue weighted by Gasteiger charge is -2.30. The summed E-state index contributed by atoms with van der Waals surface area (Å²) >= 11 is 0. The van der Waals surface area contributed by atoms with Gasteiger partial charge in [-0.15, -0.1) is 0 Å². The Morgan fingerprint density at radius 2 is 1.69 bits per heavy atom. The summed E-state index contributed by atoms with van der Waals surface area (Å²) in [5, 5.41) is 2.86. The van der Waals surface area contributed by atoms with E-state index in [0.717, 1.165) is 16.1 Å². The van der Waals surface area contributed by atoms with Crippen LogP contribution in [0.5, 0.6) is 11.5 Å². The molecule has 29 heavy (non-hydrogen) atoms. The average molecular weight is 421 g/mol. The predicted octanol–water partition coefficient (Wildman–Crippen LogP) is 3.62. The molecule has 0 aliphatic rings. The van der Waals surface area contributed by atoms with Crippen molar-refractivity contribution < 1.29 is 22.7 Å². The summed E-state index contributed by atoms with van der Waals surface area (Å²) in [5.74, 6) is 0.519. The summed E-state index contributed by atoms with van der Waals surface area (Å²) in [6.07, 6.45) is 1.05. The number of hydrogen-bond acceptors (Lipinski definition) is 5. The molecule has 0 spiro atoms. The molecular weight excluding hydrogens is 392 g/mol. The van der Waals surface area contributed by atoms with Crippen molar-refractivity contribution in [2.24, 2.45) is 0 Å². The van der Waals surface area contributed by atoms with Gasteiger partial charge in [-0.1, -0.05) is 32.0 Å². The molecule has 0 radical (unpaired) electrons. The second-order valence-electron chi connectivity index (χ2n) is 7.00. The van der Waals surface area contributed by atoms with Gasteiger partial charge in [-0.05, 0) is 36.6 Å². The van der Waals surface area contributed by atoms with Crippen LogP contribution in [0.2, 0.25) is 0 Å². The monoisotopic (exact) mass is 420 g/mol. The van der Waals surface area contributed by atoms with Crippen molar-refractivity contribution in [3.63, 3.8) is 0 Å². The molecule has 1 amide bonds. The Hall–Kier alpha value is -2.74. The first-order chi connectivity index (χ1) is 13.6. The number of carbonyl (C=O) groups excluding carboxylic acids is 1. The zero-order chi connectivity index (χ0) is 21.8. The van der Waals surface area contributed by atoms with Gasteiger partial charge in [-0.2, -0.15) is 0 Å². The zero-order valence-electron chi connectivity index (χ0n) is 17.6. The number of rotatable bonds is 8. The number of ether oxygens (including phenoxy) is 2. The van der Waals surface area contributed by atoms with Gasteiger partial charge in [0.25, 0.3) is 0 Å². The van der Waals surface area contributed by atoms with Crippen molar-refractivity contribution in [1.82, 2.24) is 0 Å². The van der Waals surface area contributed by atoms with E-state index in [4.69, 9.17) is 9.47 Å². The predicted molar refractivity (Wildman–Crippen MR) is 115 cm³/mol. The number of methoxy groups -OCH3 is 2. The van der Waals surface area contributed by atoms with Gasteiger partial charge in [-0.3, -0.25) is 9.10 Å². The van der Waals surface area contributed by atoms with Crippen molar-refractivity contribution in [2.75, 3.05) is 30.1 Å². The van der Waals surface area contributed by atoms with E-state index >= 15 is 0 Å². The topological polar surface area (TPSA) is 84.9 Å². The third kappa shape index (κ3) is 5.20. The smallest absolute Gasteiger partial charge is 0.248 e. The Morgan fingerprint density at radius 1 is 1.03 bits per heavy atom. The zero-order valence-corrected chi connectivity index (χ0v) is 18.4. The summed E-state index contributed by atoms with van der Waals surface area (Å²) in [4.78, 5) is 13.0. The van der Waals surface area contributed by atoms with Crippen LogP contribution in [0.3, 0.4) is 0 Å². The molecule has 0 aromatic heterocycles. The lowest BCUT2D eigenvalue weighted by Crippen LogP contribution is -2.45. The number of hydrogen-bond donors (Lipinski definition) is 1.